The smallest absolute Gasteiger partial charge is 0.244 e. The van der Waals surface area contributed by atoms with Crippen molar-refractivity contribution in [1.29, 1.82) is 5.26 Å². The van der Waals surface area contributed by atoms with Crippen molar-refractivity contribution in [3.63, 3.8) is 0 Å². The molecule has 0 radical (unpaired) electrons. The summed E-state index contributed by atoms with van der Waals surface area (Å²) in [6.07, 6.45) is 1.74. The molecule has 3 heterocycles. The van der Waals surface area contributed by atoms with E-state index in [1.807, 2.05) is 13.0 Å². The number of aromatic amines is 1. The number of fused-ring (bicyclic) bond motifs is 2. The average molecular weight is 336 g/mol. The summed E-state index contributed by atoms with van der Waals surface area (Å²) in [5.41, 5.74) is 9.55. The van der Waals surface area contributed by atoms with Gasteiger partial charge in [0.2, 0.25) is 11.8 Å². The van der Waals surface area contributed by atoms with Gasteiger partial charge in [0.15, 0.2) is 0 Å². The van der Waals surface area contributed by atoms with Crippen molar-refractivity contribution in [2.24, 2.45) is 5.73 Å². The van der Waals surface area contributed by atoms with Crippen molar-refractivity contribution in [3.8, 4) is 11.9 Å². The van der Waals surface area contributed by atoms with Crippen molar-refractivity contribution < 1.29 is 9.64 Å². The van der Waals surface area contributed by atoms with Crippen molar-refractivity contribution in [2.45, 2.75) is 31.7 Å². The van der Waals surface area contributed by atoms with Gasteiger partial charge in [0.1, 0.15) is 18.2 Å². The molecule has 0 bridgehead atoms. The van der Waals surface area contributed by atoms with Gasteiger partial charge in [-0.25, -0.2) is 0 Å². The Labute approximate surface area is 146 Å². The number of piperidine rings is 1. The second kappa shape index (κ2) is 5.94. The van der Waals surface area contributed by atoms with Gasteiger partial charge in [0.05, 0.1) is 18.5 Å². The van der Waals surface area contributed by atoms with E-state index in [9.17, 15) is 5.26 Å². The summed E-state index contributed by atoms with van der Waals surface area (Å²) in [6, 6.07) is 12.9. The van der Waals surface area contributed by atoms with E-state index in [0.717, 1.165) is 43.7 Å². The van der Waals surface area contributed by atoms with E-state index in [1.54, 1.807) is 0 Å². The molecule has 2 aliphatic heterocycles. The first-order chi connectivity index (χ1) is 12.1. The fraction of sp³-hybridized carbons (Fsp3) is 0.368. The average Bonchev–Trinajstić information content (AvgIpc) is 2.99. The standard InChI is InChI=1S/C19H21N5O/c1-13-16-18(23-22-13)25-17(21)15(11-20)19(16)7-9-24(10-8-19)12-14-5-3-2-4-6-14/h2-6H,7-10,12,21H2,1H3,(H,22,23)/p+1. The number of nitrogens with zero attached hydrogens (tertiary/aromatic N) is 2. The summed E-state index contributed by atoms with van der Waals surface area (Å²) >= 11 is 0. The van der Waals surface area contributed by atoms with Gasteiger partial charge in [-0.3, -0.25) is 5.10 Å². The quantitative estimate of drug-likeness (QED) is 0.760. The maximum Gasteiger partial charge on any atom is 0.244 e. The third-order valence-electron chi connectivity index (χ3n) is 5.54. The molecule has 2 aromatic rings. The molecule has 25 heavy (non-hydrogen) atoms. The Balaban J connectivity index is 1.62. The van der Waals surface area contributed by atoms with Crippen LogP contribution in [0.3, 0.4) is 0 Å². The number of nitrogens with one attached hydrogen (secondary N) is 2. The summed E-state index contributed by atoms with van der Waals surface area (Å²) in [6.45, 7) is 4.96. The molecular weight excluding hydrogens is 314 g/mol. The molecular formula is C19H22N5O+. The van der Waals surface area contributed by atoms with E-state index >= 15 is 0 Å². The number of H-pyrrole nitrogens is 1. The van der Waals surface area contributed by atoms with Crippen molar-refractivity contribution in [1.82, 2.24) is 10.2 Å². The van der Waals surface area contributed by atoms with Crippen LogP contribution in [-0.2, 0) is 12.0 Å². The van der Waals surface area contributed by atoms with Crippen LogP contribution in [0.25, 0.3) is 0 Å². The lowest BCUT2D eigenvalue weighted by Gasteiger charge is -2.41. The number of aromatic nitrogens is 2. The highest BCUT2D eigenvalue weighted by Crippen LogP contribution is 2.48. The molecule has 0 unspecified atom stereocenters. The summed E-state index contributed by atoms with van der Waals surface area (Å²) in [4.78, 5) is 1.53. The maximum absolute atomic E-state index is 9.73. The second-order valence-corrected chi connectivity index (χ2v) is 6.98. The minimum atomic E-state index is -0.371. The number of likely N-dealkylation sites (tertiary alicyclic amines) is 1. The molecule has 1 aromatic heterocycles. The molecule has 1 saturated heterocycles. The fourth-order valence-electron chi connectivity index (χ4n) is 4.31. The van der Waals surface area contributed by atoms with Gasteiger partial charge in [-0.1, -0.05) is 30.3 Å². The van der Waals surface area contributed by atoms with E-state index in [-0.39, 0.29) is 11.3 Å². The number of rotatable bonds is 2. The normalized spacial score (nSPS) is 25.4. The van der Waals surface area contributed by atoms with Gasteiger partial charge in [-0.2, -0.15) is 5.26 Å². The third-order valence-corrected chi connectivity index (χ3v) is 5.54. The third kappa shape index (κ3) is 2.48. The number of hydrogen-bond donors (Lipinski definition) is 3. The lowest BCUT2D eigenvalue weighted by Crippen LogP contribution is -3.12. The molecule has 6 heteroatoms. The molecule has 0 aliphatic carbocycles. The molecule has 0 amide bonds. The first-order valence-electron chi connectivity index (χ1n) is 8.65. The summed E-state index contributed by atoms with van der Waals surface area (Å²) in [5.74, 6) is 0.730. The van der Waals surface area contributed by atoms with Crippen LogP contribution < -0.4 is 15.4 Å². The first-order valence-corrected chi connectivity index (χ1v) is 8.65. The number of hydrogen-bond acceptors (Lipinski definition) is 4. The Bertz CT molecular complexity index is 854. The van der Waals surface area contributed by atoms with Crippen LogP contribution in [0.1, 0.15) is 29.7 Å². The Morgan fingerprint density at radius 3 is 2.72 bits per heavy atom. The summed E-state index contributed by atoms with van der Waals surface area (Å²) < 4.78 is 5.59. The van der Waals surface area contributed by atoms with E-state index < -0.39 is 0 Å². The second-order valence-electron chi connectivity index (χ2n) is 6.98. The summed E-state index contributed by atoms with van der Waals surface area (Å²) in [5, 5.41) is 17.0. The van der Waals surface area contributed by atoms with Gasteiger partial charge >= 0.3 is 0 Å². The van der Waals surface area contributed by atoms with Gasteiger partial charge in [-0.05, 0) is 6.92 Å². The molecule has 2 aliphatic rings. The highest BCUT2D eigenvalue weighted by molar-refractivity contribution is 5.54. The van der Waals surface area contributed by atoms with Crippen LogP contribution in [-0.4, -0.2) is 23.3 Å². The number of ether oxygens (including phenoxy) is 1. The SMILES string of the molecule is Cc1[nH]nc2c1C1(CC[NH+](Cc3ccccc3)CC1)C(C#N)=C(N)O2. The lowest BCUT2D eigenvalue weighted by atomic mass is 9.67. The largest absolute Gasteiger partial charge is 0.420 e. The lowest BCUT2D eigenvalue weighted by molar-refractivity contribution is -0.920. The van der Waals surface area contributed by atoms with Crippen LogP contribution >= 0.6 is 0 Å². The van der Waals surface area contributed by atoms with Gasteiger partial charge in [0.25, 0.3) is 0 Å². The van der Waals surface area contributed by atoms with E-state index in [0.29, 0.717) is 11.5 Å². The van der Waals surface area contributed by atoms with Crippen molar-refractivity contribution >= 4 is 0 Å². The number of aryl methyl sites for hydroxylation is 1. The van der Waals surface area contributed by atoms with Crippen LogP contribution in [0.2, 0.25) is 0 Å². The Morgan fingerprint density at radius 2 is 2.04 bits per heavy atom. The van der Waals surface area contributed by atoms with Crippen LogP contribution in [0.15, 0.2) is 41.8 Å². The van der Waals surface area contributed by atoms with Crippen molar-refractivity contribution in [2.75, 3.05) is 13.1 Å². The molecule has 1 spiro atoms. The molecule has 1 fully saturated rings. The maximum atomic E-state index is 9.73. The van der Waals surface area contributed by atoms with E-state index in [2.05, 4.69) is 40.5 Å². The minimum Gasteiger partial charge on any atom is -0.420 e. The number of quaternary nitrogens is 1. The zero-order valence-electron chi connectivity index (χ0n) is 14.3. The molecule has 0 saturated carbocycles. The number of nitrogens with two attached hydrogens (primary N) is 1. The van der Waals surface area contributed by atoms with Crippen LogP contribution in [0, 0.1) is 18.3 Å². The monoisotopic (exact) mass is 336 g/mol. The van der Waals surface area contributed by atoms with Crippen LogP contribution in [0.5, 0.6) is 5.88 Å². The Morgan fingerprint density at radius 1 is 1.32 bits per heavy atom. The van der Waals surface area contributed by atoms with E-state index in [1.165, 1.54) is 10.5 Å². The number of benzene rings is 1. The number of allylic oxidation sites excluding steroid dienone is 1. The Kier molecular flexibility index (Phi) is 3.74. The predicted molar refractivity (Wildman–Crippen MR) is 92.5 cm³/mol. The Hall–Kier alpha value is -2.78. The van der Waals surface area contributed by atoms with Gasteiger partial charge in [0, 0.05) is 29.7 Å². The highest BCUT2D eigenvalue weighted by atomic mass is 16.5. The topological polar surface area (TPSA) is 92.2 Å². The van der Waals surface area contributed by atoms with Crippen LogP contribution in [0.4, 0.5) is 0 Å². The van der Waals surface area contributed by atoms with Gasteiger partial charge in [-0.15, -0.1) is 5.10 Å². The van der Waals surface area contributed by atoms with E-state index in [4.69, 9.17) is 10.5 Å². The molecule has 0 atom stereocenters. The highest BCUT2D eigenvalue weighted by Gasteiger charge is 2.49. The van der Waals surface area contributed by atoms with Crippen molar-refractivity contribution in [3.05, 3.63) is 58.6 Å². The number of nitriles is 1. The first kappa shape index (κ1) is 15.7. The summed E-state index contributed by atoms with van der Waals surface area (Å²) in [7, 11) is 0. The molecule has 4 rings (SSSR count). The molecule has 4 N–H and O–H groups in total. The molecule has 128 valence electrons. The molecule has 1 aromatic carbocycles. The predicted octanol–water partition coefficient (Wildman–Crippen LogP) is 0.921. The molecule has 6 nitrogen and oxygen atoms in total. The minimum absolute atomic E-state index is 0.202. The fourth-order valence-corrected chi connectivity index (χ4v) is 4.31. The zero-order valence-corrected chi connectivity index (χ0v) is 14.3. The van der Waals surface area contributed by atoms with Gasteiger partial charge < -0.3 is 15.4 Å². The zero-order chi connectivity index (χ0) is 17.4.